The molecular formula is C34H31F3N8O5. The number of halogens is 3. The molecule has 5 aromatic rings. The van der Waals surface area contributed by atoms with Gasteiger partial charge in [-0.2, -0.15) is 28.5 Å². The lowest BCUT2D eigenvalue weighted by Gasteiger charge is -2.26. The lowest BCUT2D eigenvalue weighted by Crippen LogP contribution is -2.42. The number of nitrogens with zero attached hydrogens (tertiary/aromatic N) is 7. The van der Waals surface area contributed by atoms with Gasteiger partial charge in [0.05, 0.1) is 23.9 Å². The third-order valence-electron chi connectivity index (χ3n) is 8.19. The highest BCUT2D eigenvalue weighted by Crippen LogP contribution is 2.32. The van der Waals surface area contributed by atoms with E-state index in [1.807, 2.05) is 37.3 Å². The Morgan fingerprint density at radius 2 is 1.90 bits per heavy atom. The molecule has 16 heteroatoms. The third kappa shape index (κ3) is 7.21. The van der Waals surface area contributed by atoms with Crippen LogP contribution in [-0.4, -0.2) is 58.8 Å². The van der Waals surface area contributed by atoms with E-state index in [0.29, 0.717) is 30.4 Å². The average Bonchev–Trinajstić information content (AvgIpc) is 3.86. The molecule has 1 unspecified atom stereocenters. The number of rotatable bonds is 10. The zero-order chi connectivity index (χ0) is 35.4. The van der Waals surface area contributed by atoms with Crippen LogP contribution in [0.1, 0.15) is 61.3 Å². The van der Waals surface area contributed by atoms with Crippen molar-refractivity contribution in [3.63, 3.8) is 0 Å². The summed E-state index contributed by atoms with van der Waals surface area (Å²) in [5, 5.41) is 13.7. The predicted octanol–water partition coefficient (Wildman–Crippen LogP) is 5.56. The van der Waals surface area contributed by atoms with Gasteiger partial charge < -0.3 is 9.47 Å². The number of benzene rings is 2. The fourth-order valence-corrected chi connectivity index (χ4v) is 5.88. The zero-order valence-electron chi connectivity index (χ0n) is 26.8. The number of nitrogens with one attached hydrogen (secondary N) is 1. The van der Waals surface area contributed by atoms with E-state index in [1.165, 1.54) is 32.6 Å². The Kier molecular flexibility index (Phi) is 9.66. The first kappa shape index (κ1) is 33.9. The maximum Gasteiger partial charge on any atom is 0.416 e. The molecule has 0 radical (unpaired) electrons. The van der Waals surface area contributed by atoms with E-state index in [9.17, 15) is 32.8 Å². The van der Waals surface area contributed by atoms with Crippen molar-refractivity contribution in [1.29, 1.82) is 5.26 Å². The van der Waals surface area contributed by atoms with E-state index >= 15 is 0 Å². The molecule has 1 amide bonds. The average molecular weight is 689 g/mol. The number of H-pyrrole nitrogens is 1. The number of nitriles is 1. The number of alkyl halides is 3. The van der Waals surface area contributed by atoms with Gasteiger partial charge in [0.25, 0.3) is 5.56 Å². The first-order chi connectivity index (χ1) is 24.0. The van der Waals surface area contributed by atoms with E-state index in [2.05, 4.69) is 20.1 Å². The Bertz CT molecular complexity index is 2120. The van der Waals surface area contributed by atoms with Gasteiger partial charge in [0.1, 0.15) is 24.5 Å². The fourth-order valence-electron chi connectivity index (χ4n) is 5.88. The second-order valence-electron chi connectivity index (χ2n) is 11.7. The van der Waals surface area contributed by atoms with Crippen molar-refractivity contribution >= 4 is 23.2 Å². The Hall–Kier alpha value is -5.98. The van der Waals surface area contributed by atoms with Crippen LogP contribution in [0.2, 0.25) is 0 Å². The summed E-state index contributed by atoms with van der Waals surface area (Å²) in [6, 6.07) is 14.8. The predicted molar refractivity (Wildman–Crippen MR) is 171 cm³/mol. The van der Waals surface area contributed by atoms with Crippen LogP contribution < -0.4 is 5.56 Å². The van der Waals surface area contributed by atoms with E-state index in [4.69, 9.17) is 9.47 Å². The molecule has 4 heterocycles. The summed E-state index contributed by atoms with van der Waals surface area (Å²) in [6.45, 7) is 2.16. The molecule has 1 aliphatic heterocycles. The summed E-state index contributed by atoms with van der Waals surface area (Å²) in [5.74, 6) is -0.859. The van der Waals surface area contributed by atoms with Gasteiger partial charge in [-0.1, -0.05) is 55.8 Å². The van der Waals surface area contributed by atoms with Crippen molar-refractivity contribution in [1.82, 2.24) is 34.2 Å². The molecule has 1 saturated heterocycles. The largest absolute Gasteiger partial charge is 0.445 e. The molecular weight excluding hydrogens is 657 g/mol. The van der Waals surface area contributed by atoms with Gasteiger partial charge in [-0.3, -0.25) is 23.9 Å². The molecule has 0 bridgehead atoms. The Morgan fingerprint density at radius 3 is 2.64 bits per heavy atom. The summed E-state index contributed by atoms with van der Waals surface area (Å²) in [5.41, 5.74) is -0.171. The molecule has 50 heavy (non-hydrogen) atoms. The summed E-state index contributed by atoms with van der Waals surface area (Å²) in [7, 11) is 0. The minimum Gasteiger partial charge on any atom is -0.445 e. The van der Waals surface area contributed by atoms with E-state index in [1.54, 1.807) is 12.1 Å². The Balaban J connectivity index is 1.31. The van der Waals surface area contributed by atoms with E-state index < -0.39 is 41.6 Å². The molecule has 2 atom stereocenters. The molecule has 1 aliphatic rings. The number of amides is 1. The SMILES string of the molecule is CCCC(OC(=O)[C@@H]1CCCN1C(=O)OCc1ccccc1)n1c(-c2cnn(Cc3cccc(C(F)(F)F)c3)c2)nc2nc(C#N)[nH]c(=O)c21. The van der Waals surface area contributed by atoms with Crippen LogP contribution in [-0.2, 0) is 33.6 Å². The number of carbonyl (C=O) groups is 2. The van der Waals surface area contributed by atoms with Crippen LogP contribution in [0, 0.1) is 11.3 Å². The van der Waals surface area contributed by atoms with Crippen molar-refractivity contribution in [3.8, 4) is 17.5 Å². The number of likely N-dealkylation sites (tertiary alicyclic amines) is 1. The second kappa shape index (κ2) is 14.2. The van der Waals surface area contributed by atoms with Crippen LogP contribution in [0.3, 0.4) is 0 Å². The number of fused-ring (bicyclic) bond motifs is 1. The molecule has 6 rings (SSSR count). The number of carbonyl (C=O) groups excluding carboxylic acids is 2. The van der Waals surface area contributed by atoms with Crippen LogP contribution in [0.4, 0.5) is 18.0 Å². The number of hydrogen-bond donors (Lipinski definition) is 1. The first-order valence-electron chi connectivity index (χ1n) is 15.8. The minimum atomic E-state index is -4.51. The van der Waals surface area contributed by atoms with Gasteiger partial charge in [-0.15, -0.1) is 0 Å². The molecule has 0 saturated carbocycles. The third-order valence-corrected chi connectivity index (χ3v) is 8.19. The summed E-state index contributed by atoms with van der Waals surface area (Å²) >= 11 is 0. The minimum absolute atomic E-state index is 0.00712. The number of ether oxygens (including phenoxy) is 2. The topological polar surface area (TPSA) is 161 Å². The first-order valence-corrected chi connectivity index (χ1v) is 15.8. The Labute approximate surface area is 282 Å². The van der Waals surface area contributed by atoms with Gasteiger partial charge in [-0.05, 0) is 36.1 Å². The van der Waals surface area contributed by atoms with Crippen molar-refractivity contribution in [2.45, 2.75) is 64.2 Å². The second-order valence-corrected chi connectivity index (χ2v) is 11.7. The number of aromatic amines is 1. The number of imidazole rings is 1. The fraction of sp³-hybridized carbons (Fsp3) is 0.324. The van der Waals surface area contributed by atoms with Crippen LogP contribution >= 0.6 is 0 Å². The highest BCUT2D eigenvalue weighted by atomic mass is 19.4. The molecule has 1 N–H and O–H groups in total. The smallest absolute Gasteiger partial charge is 0.416 e. The van der Waals surface area contributed by atoms with Gasteiger partial charge in [0, 0.05) is 19.2 Å². The molecule has 0 aliphatic carbocycles. The number of hydrogen-bond acceptors (Lipinski definition) is 9. The molecule has 3 aromatic heterocycles. The Morgan fingerprint density at radius 1 is 1.12 bits per heavy atom. The van der Waals surface area contributed by atoms with Gasteiger partial charge in [0.15, 0.2) is 17.4 Å². The number of esters is 1. The van der Waals surface area contributed by atoms with Gasteiger partial charge in [0.2, 0.25) is 5.82 Å². The lowest BCUT2D eigenvalue weighted by molar-refractivity contribution is -0.159. The molecule has 258 valence electrons. The van der Waals surface area contributed by atoms with Crippen LogP contribution in [0.25, 0.3) is 22.6 Å². The van der Waals surface area contributed by atoms with Crippen LogP contribution in [0.15, 0.2) is 71.8 Å². The zero-order valence-corrected chi connectivity index (χ0v) is 26.8. The maximum absolute atomic E-state index is 13.7. The van der Waals surface area contributed by atoms with Crippen molar-refractivity contribution in [2.75, 3.05) is 6.54 Å². The quantitative estimate of drug-likeness (QED) is 0.185. The standard InChI is InChI=1S/C34H31F3N8O5/c1-2-8-27(50-32(47)25-13-7-14-44(25)33(48)49-20-21-9-4-3-5-10-21)45-28-29(40-26(16-38)41-31(28)46)42-30(45)23-17-39-43(19-23)18-22-11-6-12-24(15-22)34(35,36)37/h3-6,9-12,15,17,19,25,27H,2,7-8,13-14,18,20H2,1H3,(H,40,41,46)/t25-,27?/m0/s1. The van der Waals surface area contributed by atoms with Gasteiger partial charge in [-0.25, -0.2) is 14.6 Å². The van der Waals surface area contributed by atoms with Crippen molar-refractivity contribution in [2.24, 2.45) is 0 Å². The molecule has 0 spiro atoms. The maximum atomic E-state index is 13.7. The number of aromatic nitrogens is 6. The van der Waals surface area contributed by atoms with E-state index in [-0.39, 0.29) is 48.9 Å². The molecule has 1 fully saturated rings. The van der Waals surface area contributed by atoms with Crippen molar-refractivity contribution in [3.05, 3.63) is 99.9 Å². The molecule has 13 nitrogen and oxygen atoms in total. The highest BCUT2D eigenvalue weighted by molar-refractivity contribution is 5.82. The summed E-state index contributed by atoms with van der Waals surface area (Å²) in [4.78, 5) is 52.5. The summed E-state index contributed by atoms with van der Waals surface area (Å²) in [6.07, 6.45) is -1.71. The van der Waals surface area contributed by atoms with Gasteiger partial charge >= 0.3 is 18.2 Å². The monoisotopic (exact) mass is 688 g/mol. The highest BCUT2D eigenvalue weighted by Gasteiger charge is 2.38. The molecule has 2 aromatic carbocycles. The normalized spacial score (nSPS) is 15.2. The lowest BCUT2D eigenvalue weighted by atomic mass is 10.1. The van der Waals surface area contributed by atoms with E-state index in [0.717, 1.165) is 17.7 Å². The summed E-state index contributed by atoms with van der Waals surface area (Å²) < 4.78 is 54.2. The van der Waals surface area contributed by atoms with Crippen LogP contribution in [0.5, 0.6) is 0 Å². The van der Waals surface area contributed by atoms with Crippen molar-refractivity contribution < 1.29 is 32.2 Å².